The number of nitrogens with one attached hydrogen (secondary N) is 1. The molecule has 2 N–H and O–H groups in total. The maximum Gasteiger partial charge on any atom is 0.131 e. The SMILES string of the molecule is COc1cc(O)c(C2NCCc3ccccc32)c(OC)c1. The Labute approximate surface area is 124 Å². The molecule has 0 bridgehead atoms. The predicted octanol–water partition coefficient (Wildman–Crippen LogP) is 2.64. The Bertz CT molecular complexity index is 654. The maximum atomic E-state index is 10.4. The van der Waals surface area contributed by atoms with Gasteiger partial charge in [0, 0.05) is 18.7 Å². The first-order valence-corrected chi connectivity index (χ1v) is 7.00. The summed E-state index contributed by atoms with van der Waals surface area (Å²) in [5.74, 6) is 1.39. The molecule has 0 fully saturated rings. The Balaban J connectivity index is 2.13. The van der Waals surface area contributed by atoms with Crippen LogP contribution in [-0.2, 0) is 6.42 Å². The van der Waals surface area contributed by atoms with Gasteiger partial charge in [0.1, 0.15) is 17.2 Å². The van der Waals surface area contributed by atoms with Gasteiger partial charge in [-0.1, -0.05) is 24.3 Å². The van der Waals surface area contributed by atoms with E-state index in [4.69, 9.17) is 9.47 Å². The van der Waals surface area contributed by atoms with E-state index in [2.05, 4.69) is 17.4 Å². The maximum absolute atomic E-state index is 10.4. The molecule has 1 atom stereocenters. The Hall–Kier alpha value is -2.20. The molecule has 0 saturated heterocycles. The van der Waals surface area contributed by atoms with Crippen LogP contribution in [0.15, 0.2) is 36.4 Å². The second-order valence-corrected chi connectivity index (χ2v) is 5.10. The van der Waals surface area contributed by atoms with Crippen LogP contribution >= 0.6 is 0 Å². The zero-order valence-corrected chi connectivity index (χ0v) is 12.2. The van der Waals surface area contributed by atoms with Gasteiger partial charge < -0.3 is 19.9 Å². The molecule has 0 radical (unpaired) electrons. The van der Waals surface area contributed by atoms with Gasteiger partial charge in [-0.2, -0.15) is 0 Å². The van der Waals surface area contributed by atoms with Crippen molar-refractivity contribution in [1.82, 2.24) is 5.32 Å². The summed E-state index contributed by atoms with van der Waals surface area (Å²) in [6, 6.07) is 11.6. The summed E-state index contributed by atoms with van der Waals surface area (Å²) in [7, 11) is 3.18. The van der Waals surface area contributed by atoms with E-state index in [1.165, 1.54) is 11.1 Å². The minimum Gasteiger partial charge on any atom is -0.507 e. The highest BCUT2D eigenvalue weighted by Crippen LogP contribution is 2.41. The molecule has 4 heteroatoms. The lowest BCUT2D eigenvalue weighted by atomic mass is 9.89. The normalized spacial score (nSPS) is 17.1. The van der Waals surface area contributed by atoms with Gasteiger partial charge in [-0.15, -0.1) is 0 Å². The van der Waals surface area contributed by atoms with Crippen molar-refractivity contribution in [1.29, 1.82) is 0 Å². The van der Waals surface area contributed by atoms with Crippen LogP contribution in [0.3, 0.4) is 0 Å². The van der Waals surface area contributed by atoms with Crippen LogP contribution in [0.4, 0.5) is 0 Å². The number of methoxy groups -OCH3 is 2. The molecule has 21 heavy (non-hydrogen) atoms. The lowest BCUT2D eigenvalue weighted by Gasteiger charge is -2.29. The van der Waals surface area contributed by atoms with E-state index in [1.54, 1.807) is 26.4 Å². The van der Waals surface area contributed by atoms with Crippen LogP contribution in [0.25, 0.3) is 0 Å². The van der Waals surface area contributed by atoms with Gasteiger partial charge in [-0.05, 0) is 17.5 Å². The fraction of sp³-hybridized carbons (Fsp3) is 0.294. The van der Waals surface area contributed by atoms with E-state index in [-0.39, 0.29) is 11.8 Å². The van der Waals surface area contributed by atoms with Gasteiger partial charge in [0.05, 0.1) is 25.8 Å². The van der Waals surface area contributed by atoms with Gasteiger partial charge in [-0.25, -0.2) is 0 Å². The van der Waals surface area contributed by atoms with E-state index in [1.807, 2.05) is 12.1 Å². The van der Waals surface area contributed by atoms with Crippen molar-refractivity contribution in [3.05, 3.63) is 53.1 Å². The molecular weight excluding hydrogens is 266 g/mol. The third kappa shape index (κ3) is 2.43. The number of aromatic hydroxyl groups is 1. The van der Waals surface area contributed by atoms with Crippen molar-refractivity contribution in [2.45, 2.75) is 12.5 Å². The summed E-state index contributed by atoms with van der Waals surface area (Å²) < 4.78 is 10.6. The van der Waals surface area contributed by atoms with E-state index < -0.39 is 0 Å². The molecule has 110 valence electrons. The van der Waals surface area contributed by atoms with E-state index >= 15 is 0 Å². The average Bonchev–Trinajstić information content (AvgIpc) is 2.53. The van der Waals surface area contributed by atoms with Crippen molar-refractivity contribution in [3.63, 3.8) is 0 Å². The molecule has 0 aliphatic carbocycles. The highest BCUT2D eigenvalue weighted by atomic mass is 16.5. The third-order valence-corrected chi connectivity index (χ3v) is 3.95. The fourth-order valence-electron chi connectivity index (χ4n) is 2.93. The first-order chi connectivity index (χ1) is 10.2. The van der Waals surface area contributed by atoms with Crippen LogP contribution in [0, 0.1) is 0 Å². The molecule has 1 aliphatic rings. The Kier molecular flexibility index (Phi) is 3.71. The van der Waals surface area contributed by atoms with E-state index in [0.29, 0.717) is 11.5 Å². The molecule has 0 saturated carbocycles. The first-order valence-electron chi connectivity index (χ1n) is 7.00. The first kappa shape index (κ1) is 13.8. The minimum absolute atomic E-state index is 0.0733. The third-order valence-electron chi connectivity index (χ3n) is 3.95. The molecule has 0 aromatic heterocycles. The van der Waals surface area contributed by atoms with Crippen molar-refractivity contribution in [2.75, 3.05) is 20.8 Å². The highest BCUT2D eigenvalue weighted by Gasteiger charge is 2.27. The number of hydrogen-bond acceptors (Lipinski definition) is 4. The van der Waals surface area contributed by atoms with Gasteiger partial charge in [0.15, 0.2) is 0 Å². The summed E-state index contributed by atoms with van der Waals surface area (Å²) in [6.45, 7) is 0.871. The lowest BCUT2D eigenvalue weighted by molar-refractivity contribution is 0.372. The number of phenols is 1. The van der Waals surface area contributed by atoms with Crippen LogP contribution < -0.4 is 14.8 Å². The molecule has 4 nitrogen and oxygen atoms in total. The van der Waals surface area contributed by atoms with Crippen LogP contribution in [0.1, 0.15) is 22.7 Å². The largest absolute Gasteiger partial charge is 0.507 e. The smallest absolute Gasteiger partial charge is 0.131 e. The van der Waals surface area contributed by atoms with Crippen LogP contribution in [-0.4, -0.2) is 25.9 Å². The van der Waals surface area contributed by atoms with Gasteiger partial charge in [0.25, 0.3) is 0 Å². The van der Waals surface area contributed by atoms with Gasteiger partial charge in [0.2, 0.25) is 0 Å². The average molecular weight is 285 g/mol. The van der Waals surface area contributed by atoms with Crippen molar-refractivity contribution >= 4 is 0 Å². The van der Waals surface area contributed by atoms with Crippen molar-refractivity contribution in [2.24, 2.45) is 0 Å². The molecule has 1 aliphatic heterocycles. The van der Waals surface area contributed by atoms with E-state index in [0.717, 1.165) is 18.5 Å². The predicted molar refractivity (Wildman–Crippen MR) is 81.2 cm³/mol. The fourth-order valence-corrected chi connectivity index (χ4v) is 2.93. The Morgan fingerprint density at radius 3 is 2.71 bits per heavy atom. The minimum atomic E-state index is -0.0733. The van der Waals surface area contributed by atoms with Crippen LogP contribution in [0.2, 0.25) is 0 Å². The summed E-state index contributed by atoms with van der Waals surface area (Å²) in [5, 5.41) is 13.9. The molecule has 3 rings (SSSR count). The second kappa shape index (κ2) is 5.66. The summed E-state index contributed by atoms with van der Waals surface area (Å²) >= 11 is 0. The summed E-state index contributed by atoms with van der Waals surface area (Å²) in [5.41, 5.74) is 3.24. The standard InChI is InChI=1S/C17H19NO3/c1-20-12-9-14(19)16(15(10-12)21-2)17-13-6-4-3-5-11(13)7-8-18-17/h3-6,9-10,17-19H,7-8H2,1-2H3. The molecule has 1 heterocycles. The van der Waals surface area contributed by atoms with Crippen molar-refractivity contribution in [3.8, 4) is 17.2 Å². The highest BCUT2D eigenvalue weighted by molar-refractivity contribution is 5.55. The monoisotopic (exact) mass is 285 g/mol. The summed E-state index contributed by atoms with van der Waals surface area (Å²) in [6.07, 6.45) is 0.992. The van der Waals surface area contributed by atoms with Gasteiger partial charge >= 0.3 is 0 Å². The van der Waals surface area contributed by atoms with Crippen LogP contribution in [0.5, 0.6) is 17.2 Å². The Morgan fingerprint density at radius 1 is 1.14 bits per heavy atom. The number of ether oxygens (including phenoxy) is 2. The van der Waals surface area contributed by atoms with Crippen molar-refractivity contribution < 1.29 is 14.6 Å². The number of phenolic OH excluding ortho intramolecular Hbond substituents is 1. The second-order valence-electron chi connectivity index (χ2n) is 5.10. The molecular formula is C17H19NO3. The molecule has 0 amide bonds. The molecule has 2 aromatic rings. The number of hydrogen-bond donors (Lipinski definition) is 2. The van der Waals surface area contributed by atoms with E-state index in [9.17, 15) is 5.11 Å². The topological polar surface area (TPSA) is 50.7 Å². The zero-order valence-electron chi connectivity index (χ0n) is 12.2. The molecule has 2 aromatic carbocycles. The number of rotatable bonds is 3. The molecule has 0 spiro atoms. The zero-order chi connectivity index (χ0) is 14.8. The number of benzene rings is 2. The summed E-state index contributed by atoms with van der Waals surface area (Å²) in [4.78, 5) is 0. The molecule has 1 unspecified atom stereocenters. The van der Waals surface area contributed by atoms with Gasteiger partial charge in [-0.3, -0.25) is 0 Å². The Morgan fingerprint density at radius 2 is 1.95 bits per heavy atom. The number of fused-ring (bicyclic) bond motifs is 1. The lowest BCUT2D eigenvalue weighted by Crippen LogP contribution is -2.30. The quantitative estimate of drug-likeness (QED) is 0.910.